The molecule has 3 aromatic rings. The van der Waals surface area contributed by atoms with Crippen LogP contribution in [0.25, 0.3) is 11.3 Å². The molecular formula is C27H27Cl2N5O4. The Kier molecular flexibility index (Phi) is 8.09. The second kappa shape index (κ2) is 11.7. The number of carbonyl (C=O) groups is 2. The lowest BCUT2D eigenvalue weighted by Gasteiger charge is -2.23. The molecule has 1 saturated heterocycles. The molecule has 2 aliphatic heterocycles. The highest BCUT2D eigenvalue weighted by Crippen LogP contribution is 2.31. The number of anilines is 1. The number of halogens is 2. The van der Waals surface area contributed by atoms with Crippen molar-refractivity contribution in [2.75, 3.05) is 31.7 Å². The average Bonchev–Trinajstić information content (AvgIpc) is 3.23. The second-order valence-electron chi connectivity index (χ2n) is 9.31. The third kappa shape index (κ3) is 5.91. The molecule has 2 amide bonds. The van der Waals surface area contributed by atoms with Crippen molar-refractivity contribution in [1.29, 1.82) is 0 Å². The Morgan fingerprint density at radius 2 is 1.92 bits per heavy atom. The minimum atomic E-state index is -0.602. The van der Waals surface area contributed by atoms with E-state index in [0.29, 0.717) is 52.6 Å². The zero-order chi connectivity index (χ0) is 26.6. The lowest BCUT2D eigenvalue weighted by atomic mass is 10.0. The molecule has 0 bridgehead atoms. The van der Waals surface area contributed by atoms with E-state index in [4.69, 9.17) is 27.9 Å². The monoisotopic (exact) mass is 555 g/mol. The van der Waals surface area contributed by atoms with Gasteiger partial charge in [0.2, 0.25) is 11.9 Å². The maximum atomic E-state index is 13.2. The van der Waals surface area contributed by atoms with Crippen LogP contribution in [-0.2, 0) is 16.1 Å². The van der Waals surface area contributed by atoms with E-state index in [-0.39, 0.29) is 31.0 Å². The summed E-state index contributed by atoms with van der Waals surface area (Å²) in [7, 11) is 0. The molecule has 0 aliphatic carbocycles. The Balaban J connectivity index is 1.27. The van der Waals surface area contributed by atoms with Gasteiger partial charge >= 0.3 is 0 Å². The van der Waals surface area contributed by atoms with Crippen LogP contribution < -0.4 is 10.6 Å². The Hall–Kier alpha value is -3.24. The van der Waals surface area contributed by atoms with Crippen molar-refractivity contribution in [3.8, 4) is 11.3 Å². The minimum Gasteiger partial charge on any atom is -0.394 e. The highest BCUT2D eigenvalue weighted by atomic mass is 35.5. The number of aromatic nitrogens is 2. The van der Waals surface area contributed by atoms with Crippen molar-refractivity contribution in [2.45, 2.75) is 31.5 Å². The van der Waals surface area contributed by atoms with Crippen molar-refractivity contribution < 1.29 is 19.4 Å². The summed E-state index contributed by atoms with van der Waals surface area (Å²) in [6.45, 7) is 1.28. The van der Waals surface area contributed by atoms with Crippen LogP contribution in [0.3, 0.4) is 0 Å². The fourth-order valence-corrected chi connectivity index (χ4v) is 4.97. The highest BCUT2D eigenvalue weighted by molar-refractivity contribution is 6.33. The number of aliphatic hydroxyl groups excluding tert-OH is 1. The molecule has 3 N–H and O–H groups in total. The number of benzene rings is 2. The lowest BCUT2D eigenvalue weighted by molar-refractivity contribution is -0.122. The van der Waals surface area contributed by atoms with Gasteiger partial charge in [-0.3, -0.25) is 9.59 Å². The van der Waals surface area contributed by atoms with Crippen LogP contribution in [0.5, 0.6) is 0 Å². The molecule has 2 aromatic carbocycles. The summed E-state index contributed by atoms with van der Waals surface area (Å²) in [6, 6.07) is 12.0. The molecule has 0 spiro atoms. The Morgan fingerprint density at radius 3 is 2.66 bits per heavy atom. The van der Waals surface area contributed by atoms with Crippen LogP contribution in [-0.4, -0.2) is 64.2 Å². The summed E-state index contributed by atoms with van der Waals surface area (Å²) >= 11 is 12.4. The molecule has 9 nitrogen and oxygen atoms in total. The molecular weight excluding hydrogens is 529 g/mol. The molecule has 0 saturated carbocycles. The van der Waals surface area contributed by atoms with Gasteiger partial charge in [0.1, 0.15) is 6.54 Å². The number of rotatable bonds is 8. The SMILES string of the molecule is O=C(CN1Cc2ccc(-c3nc(NC4CCOCC4)ncc3Cl)cc2C1=O)NC(CO)c1ccc(Cl)cc1. The maximum absolute atomic E-state index is 13.2. The summed E-state index contributed by atoms with van der Waals surface area (Å²) in [6.07, 6.45) is 3.29. The summed E-state index contributed by atoms with van der Waals surface area (Å²) in [5.41, 5.74) is 3.25. The molecule has 38 heavy (non-hydrogen) atoms. The van der Waals surface area contributed by atoms with Gasteiger partial charge in [0.25, 0.3) is 5.91 Å². The topological polar surface area (TPSA) is 117 Å². The van der Waals surface area contributed by atoms with E-state index >= 15 is 0 Å². The zero-order valence-electron chi connectivity index (χ0n) is 20.5. The summed E-state index contributed by atoms with van der Waals surface area (Å²) in [4.78, 5) is 36.3. The number of ether oxygens (including phenoxy) is 1. The average molecular weight is 556 g/mol. The van der Waals surface area contributed by atoms with Gasteiger partial charge in [0.05, 0.1) is 29.6 Å². The highest BCUT2D eigenvalue weighted by Gasteiger charge is 2.30. The molecule has 1 atom stereocenters. The third-order valence-corrected chi connectivity index (χ3v) is 7.21. The molecule has 1 unspecified atom stereocenters. The van der Waals surface area contributed by atoms with Crippen molar-refractivity contribution in [1.82, 2.24) is 20.2 Å². The molecule has 0 radical (unpaired) electrons. The largest absolute Gasteiger partial charge is 0.394 e. The third-order valence-electron chi connectivity index (χ3n) is 6.69. The summed E-state index contributed by atoms with van der Waals surface area (Å²) < 4.78 is 5.41. The van der Waals surface area contributed by atoms with Gasteiger partial charge in [-0.2, -0.15) is 0 Å². The van der Waals surface area contributed by atoms with E-state index in [1.807, 2.05) is 12.1 Å². The van der Waals surface area contributed by atoms with Gasteiger partial charge in [-0.05, 0) is 42.2 Å². The minimum absolute atomic E-state index is 0.139. The molecule has 5 rings (SSSR count). The zero-order valence-corrected chi connectivity index (χ0v) is 22.0. The molecule has 11 heteroatoms. The van der Waals surface area contributed by atoms with Crippen molar-refractivity contribution in [3.05, 3.63) is 75.4 Å². The normalized spacial score (nSPS) is 16.3. The van der Waals surface area contributed by atoms with Crippen LogP contribution in [0.4, 0.5) is 5.95 Å². The van der Waals surface area contributed by atoms with Gasteiger partial charge in [-0.25, -0.2) is 9.97 Å². The van der Waals surface area contributed by atoms with Crippen molar-refractivity contribution in [2.24, 2.45) is 0 Å². The van der Waals surface area contributed by atoms with E-state index < -0.39 is 6.04 Å². The number of nitrogens with zero attached hydrogens (tertiary/aromatic N) is 3. The predicted octanol–water partition coefficient (Wildman–Crippen LogP) is 3.85. The summed E-state index contributed by atoms with van der Waals surface area (Å²) in [5.74, 6) is -0.154. The first-order valence-electron chi connectivity index (χ1n) is 12.4. The number of carbonyl (C=O) groups excluding carboxylic acids is 2. The molecule has 1 fully saturated rings. The van der Waals surface area contributed by atoms with Gasteiger partial charge in [0.15, 0.2) is 0 Å². The fraction of sp³-hybridized carbons (Fsp3) is 0.333. The first-order chi connectivity index (χ1) is 18.4. The van der Waals surface area contributed by atoms with E-state index in [2.05, 4.69) is 20.6 Å². The predicted molar refractivity (Wildman–Crippen MR) is 144 cm³/mol. The smallest absolute Gasteiger partial charge is 0.254 e. The van der Waals surface area contributed by atoms with E-state index in [0.717, 1.165) is 24.0 Å². The Labute approximate surface area is 230 Å². The first kappa shape index (κ1) is 26.4. The van der Waals surface area contributed by atoms with Crippen molar-refractivity contribution >= 4 is 41.0 Å². The number of hydrogen-bond donors (Lipinski definition) is 3. The van der Waals surface area contributed by atoms with Crippen LogP contribution in [0.2, 0.25) is 10.0 Å². The number of fused-ring (bicyclic) bond motifs is 1. The van der Waals surface area contributed by atoms with E-state index in [1.54, 1.807) is 36.5 Å². The molecule has 198 valence electrons. The molecule has 3 heterocycles. The van der Waals surface area contributed by atoms with E-state index in [1.165, 1.54) is 4.90 Å². The van der Waals surface area contributed by atoms with Crippen LogP contribution in [0.1, 0.15) is 40.4 Å². The van der Waals surface area contributed by atoms with Crippen molar-refractivity contribution in [3.63, 3.8) is 0 Å². The van der Waals surface area contributed by atoms with Gasteiger partial charge in [-0.15, -0.1) is 0 Å². The Morgan fingerprint density at radius 1 is 1.16 bits per heavy atom. The first-order valence-corrected chi connectivity index (χ1v) is 13.1. The number of nitrogens with one attached hydrogen (secondary N) is 2. The molecule has 2 aliphatic rings. The van der Waals surface area contributed by atoms with Gasteiger partial charge in [-0.1, -0.05) is 47.5 Å². The van der Waals surface area contributed by atoms with Crippen LogP contribution >= 0.6 is 23.2 Å². The van der Waals surface area contributed by atoms with E-state index in [9.17, 15) is 14.7 Å². The quantitative estimate of drug-likeness (QED) is 0.386. The Bertz CT molecular complexity index is 1330. The van der Waals surface area contributed by atoms with Crippen LogP contribution in [0, 0.1) is 0 Å². The van der Waals surface area contributed by atoms with Gasteiger partial charge in [0, 0.05) is 41.9 Å². The maximum Gasteiger partial charge on any atom is 0.254 e. The lowest BCUT2D eigenvalue weighted by Crippen LogP contribution is -2.40. The number of hydrogen-bond acceptors (Lipinski definition) is 7. The number of amides is 2. The van der Waals surface area contributed by atoms with Crippen LogP contribution in [0.15, 0.2) is 48.7 Å². The standard InChI is InChI=1S/C27H27Cl2N5O4/c28-19-5-3-16(4-6-19)23(15-35)32-24(36)14-34-13-18-2-1-17(11-21(18)26(34)37)25-22(29)12-30-27(33-25)31-20-7-9-38-10-8-20/h1-6,11-12,20,23,35H,7-10,13-15H2,(H,32,36)(H,30,31,33). The molecule has 1 aromatic heterocycles. The fourth-order valence-electron chi connectivity index (χ4n) is 4.64. The number of aliphatic hydroxyl groups is 1. The second-order valence-corrected chi connectivity index (χ2v) is 10.2. The summed E-state index contributed by atoms with van der Waals surface area (Å²) in [5, 5.41) is 16.8. The van der Waals surface area contributed by atoms with Gasteiger partial charge < -0.3 is 25.4 Å².